The van der Waals surface area contributed by atoms with E-state index in [1.807, 2.05) is 30.3 Å². The van der Waals surface area contributed by atoms with Crippen molar-refractivity contribution in [2.75, 3.05) is 7.05 Å². The van der Waals surface area contributed by atoms with Crippen molar-refractivity contribution >= 4 is 11.5 Å². The normalized spacial score (nSPS) is 19.1. The zero-order valence-electron chi connectivity index (χ0n) is 9.64. The molecule has 0 aromatic heterocycles. The predicted molar refractivity (Wildman–Crippen MR) is 67.9 cm³/mol. The molecule has 1 heterocycles. The first-order valence-electron chi connectivity index (χ1n) is 5.42. The lowest BCUT2D eigenvalue weighted by Gasteiger charge is -2.21. The van der Waals surface area contributed by atoms with Gasteiger partial charge >= 0.3 is 0 Å². The highest BCUT2D eigenvalue weighted by Crippen LogP contribution is 2.16. The third-order valence-electron chi connectivity index (χ3n) is 2.54. The SMILES string of the molecule is CNC1=NC(N)NC(c2cccc(CO)c2)=C1. The van der Waals surface area contributed by atoms with Gasteiger partial charge in [0.25, 0.3) is 0 Å². The highest BCUT2D eigenvalue weighted by molar-refractivity contribution is 6.00. The smallest absolute Gasteiger partial charge is 0.173 e. The van der Waals surface area contributed by atoms with Gasteiger partial charge in [-0.25, -0.2) is 4.99 Å². The summed E-state index contributed by atoms with van der Waals surface area (Å²) in [5, 5.41) is 15.2. The van der Waals surface area contributed by atoms with Crippen LogP contribution in [0.4, 0.5) is 0 Å². The first-order chi connectivity index (χ1) is 8.22. The first kappa shape index (κ1) is 11.6. The van der Waals surface area contributed by atoms with Gasteiger partial charge in [0, 0.05) is 18.8 Å². The number of nitrogens with one attached hydrogen (secondary N) is 2. The van der Waals surface area contributed by atoms with Crippen LogP contribution < -0.4 is 16.4 Å². The quantitative estimate of drug-likeness (QED) is 0.577. The molecule has 5 N–H and O–H groups in total. The molecule has 17 heavy (non-hydrogen) atoms. The highest BCUT2D eigenvalue weighted by Gasteiger charge is 2.12. The summed E-state index contributed by atoms with van der Waals surface area (Å²) in [5.74, 6) is 0.737. The molecule has 0 aliphatic carbocycles. The van der Waals surface area contributed by atoms with E-state index in [9.17, 15) is 0 Å². The van der Waals surface area contributed by atoms with Gasteiger partial charge in [-0.1, -0.05) is 18.2 Å². The van der Waals surface area contributed by atoms with Gasteiger partial charge < -0.3 is 15.7 Å². The van der Waals surface area contributed by atoms with Gasteiger partial charge in [0.15, 0.2) is 6.29 Å². The van der Waals surface area contributed by atoms with Gasteiger partial charge in [-0.15, -0.1) is 0 Å². The van der Waals surface area contributed by atoms with Crippen LogP contribution >= 0.6 is 0 Å². The van der Waals surface area contributed by atoms with Gasteiger partial charge in [0.1, 0.15) is 5.84 Å². The number of amidine groups is 1. The maximum Gasteiger partial charge on any atom is 0.173 e. The van der Waals surface area contributed by atoms with Crippen LogP contribution in [0.15, 0.2) is 35.3 Å². The summed E-state index contributed by atoms with van der Waals surface area (Å²) in [5.41, 5.74) is 8.51. The monoisotopic (exact) mass is 232 g/mol. The second-order valence-electron chi connectivity index (χ2n) is 3.77. The van der Waals surface area contributed by atoms with Crippen molar-refractivity contribution in [3.63, 3.8) is 0 Å². The van der Waals surface area contributed by atoms with Crippen molar-refractivity contribution in [2.24, 2.45) is 10.7 Å². The topological polar surface area (TPSA) is 82.7 Å². The minimum Gasteiger partial charge on any atom is -0.392 e. The maximum absolute atomic E-state index is 9.11. The van der Waals surface area contributed by atoms with E-state index in [1.165, 1.54) is 0 Å². The van der Waals surface area contributed by atoms with Gasteiger partial charge in [-0.2, -0.15) is 0 Å². The van der Waals surface area contributed by atoms with Crippen LogP contribution in [0.2, 0.25) is 0 Å². The van der Waals surface area contributed by atoms with Gasteiger partial charge in [-0.3, -0.25) is 5.73 Å². The Morgan fingerprint density at radius 1 is 1.53 bits per heavy atom. The Kier molecular flexibility index (Phi) is 3.41. The molecule has 1 unspecified atom stereocenters. The fourth-order valence-electron chi connectivity index (χ4n) is 1.70. The van der Waals surface area contributed by atoms with Crippen LogP contribution in [0.5, 0.6) is 0 Å². The average Bonchev–Trinajstić information content (AvgIpc) is 2.38. The van der Waals surface area contributed by atoms with E-state index in [1.54, 1.807) is 7.05 Å². The van der Waals surface area contributed by atoms with Gasteiger partial charge in [0.2, 0.25) is 0 Å². The third-order valence-corrected chi connectivity index (χ3v) is 2.54. The summed E-state index contributed by atoms with van der Waals surface area (Å²) in [6.45, 7) is 0.0279. The summed E-state index contributed by atoms with van der Waals surface area (Å²) < 4.78 is 0. The molecule has 1 aromatic rings. The number of likely N-dealkylation sites (N-methyl/N-ethyl adjacent to an activating group) is 1. The van der Waals surface area contributed by atoms with Crippen molar-refractivity contribution in [3.05, 3.63) is 41.5 Å². The molecular weight excluding hydrogens is 216 g/mol. The van der Waals surface area contributed by atoms with Crippen LogP contribution in [0.3, 0.4) is 0 Å². The molecule has 2 rings (SSSR count). The van der Waals surface area contributed by atoms with E-state index in [2.05, 4.69) is 15.6 Å². The molecular formula is C12H16N4O. The number of benzene rings is 1. The first-order valence-corrected chi connectivity index (χ1v) is 5.42. The summed E-state index contributed by atoms with van der Waals surface area (Å²) in [4.78, 5) is 4.17. The standard InChI is InChI=1S/C12H16N4O/c1-14-11-6-10(15-12(13)16-11)9-4-2-3-8(5-9)7-17/h2-6,12,15,17H,7,13H2,1H3,(H,14,16). The molecule has 5 heteroatoms. The molecule has 1 aliphatic rings. The minimum atomic E-state index is -0.449. The van der Waals surface area contributed by atoms with Crippen LogP contribution in [0.1, 0.15) is 11.1 Å². The zero-order chi connectivity index (χ0) is 12.3. The molecule has 0 saturated heterocycles. The Bertz CT molecular complexity index is 467. The molecule has 5 nitrogen and oxygen atoms in total. The molecule has 0 radical (unpaired) electrons. The lowest BCUT2D eigenvalue weighted by molar-refractivity contribution is 0.282. The van der Waals surface area contributed by atoms with E-state index < -0.39 is 6.29 Å². The Balaban J connectivity index is 2.33. The van der Waals surface area contributed by atoms with Crippen molar-refractivity contribution in [3.8, 4) is 0 Å². The lowest BCUT2D eigenvalue weighted by Crippen LogP contribution is -2.40. The van der Waals surface area contributed by atoms with Crippen molar-refractivity contribution in [1.82, 2.24) is 10.6 Å². The summed E-state index contributed by atoms with van der Waals surface area (Å²) in [6, 6.07) is 7.66. The number of hydrogen-bond acceptors (Lipinski definition) is 5. The van der Waals surface area contributed by atoms with Crippen molar-refractivity contribution < 1.29 is 5.11 Å². The molecule has 1 aromatic carbocycles. The number of nitrogens with zero attached hydrogens (tertiary/aromatic N) is 1. The Morgan fingerprint density at radius 3 is 3.06 bits per heavy atom. The maximum atomic E-state index is 9.11. The zero-order valence-corrected chi connectivity index (χ0v) is 9.64. The fourth-order valence-corrected chi connectivity index (χ4v) is 1.70. The number of aliphatic imine (C=N–C) groups is 1. The largest absolute Gasteiger partial charge is 0.392 e. The molecule has 0 fully saturated rings. The Hall–Kier alpha value is -1.85. The Labute approximate surface area is 100 Å². The van der Waals surface area contributed by atoms with E-state index in [0.29, 0.717) is 0 Å². The Morgan fingerprint density at radius 2 is 2.35 bits per heavy atom. The summed E-state index contributed by atoms with van der Waals surface area (Å²) in [6.07, 6.45) is 1.44. The van der Waals surface area contributed by atoms with Crippen LogP contribution in [0, 0.1) is 0 Å². The molecule has 90 valence electrons. The number of aliphatic hydroxyl groups excluding tert-OH is 1. The van der Waals surface area contributed by atoms with E-state index >= 15 is 0 Å². The second-order valence-corrected chi connectivity index (χ2v) is 3.77. The molecule has 0 amide bonds. The molecule has 0 spiro atoms. The van der Waals surface area contributed by atoms with Gasteiger partial charge in [-0.05, 0) is 17.2 Å². The highest BCUT2D eigenvalue weighted by atomic mass is 16.3. The minimum absolute atomic E-state index is 0.0279. The number of rotatable bonds is 2. The second kappa shape index (κ2) is 4.99. The number of hydrogen-bond donors (Lipinski definition) is 4. The van der Waals surface area contributed by atoms with Gasteiger partial charge in [0.05, 0.1) is 6.61 Å². The third kappa shape index (κ3) is 2.64. The van der Waals surface area contributed by atoms with E-state index in [0.717, 1.165) is 22.7 Å². The predicted octanol–water partition coefficient (Wildman–Crippen LogP) is -0.0168. The average molecular weight is 232 g/mol. The van der Waals surface area contributed by atoms with Crippen LogP contribution in [0.25, 0.3) is 5.70 Å². The molecule has 0 saturated carbocycles. The summed E-state index contributed by atoms with van der Waals surface area (Å²) >= 11 is 0. The number of aliphatic hydroxyl groups is 1. The van der Waals surface area contributed by atoms with Crippen molar-refractivity contribution in [1.29, 1.82) is 0 Å². The van der Waals surface area contributed by atoms with Crippen LogP contribution in [-0.2, 0) is 6.61 Å². The van der Waals surface area contributed by atoms with Crippen LogP contribution in [-0.4, -0.2) is 24.3 Å². The lowest BCUT2D eigenvalue weighted by atomic mass is 10.1. The fraction of sp³-hybridized carbons (Fsp3) is 0.250. The summed E-state index contributed by atoms with van der Waals surface area (Å²) in [7, 11) is 1.80. The van der Waals surface area contributed by atoms with Crippen molar-refractivity contribution in [2.45, 2.75) is 12.9 Å². The molecule has 1 aliphatic heterocycles. The molecule has 0 bridgehead atoms. The number of nitrogens with two attached hydrogens (primary N) is 1. The van der Waals surface area contributed by atoms with E-state index in [-0.39, 0.29) is 6.61 Å². The molecule has 1 atom stereocenters. The van der Waals surface area contributed by atoms with E-state index in [4.69, 9.17) is 10.8 Å².